The molecule has 0 radical (unpaired) electrons. The van der Waals surface area contributed by atoms with Crippen molar-refractivity contribution in [3.05, 3.63) is 23.6 Å². The SMILES string of the molecule is [C-]#[N+]C(=O)ON(C)C(=O)CCCC(=O)ON1C(=O)C=CC1=O. The largest absolute Gasteiger partial charge is 0.586 e. The molecule has 22 heavy (non-hydrogen) atoms. The predicted octanol–water partition coefficient (Wildman–Crippen LogP) is -0.0308. The maximum atomic E-state index is 11.5. The van der Waals surface area contributed by atoms with Crippen molar-refractivity contribution in [2.24, 2.45) is 0 Å². The van der Waals surface area contributed by atoms with Gasteiger partial charge in [-0.1, -0.05) is 5.06 Å². The Bertz CT molecular complexity index is 572. The van der Waals surface area contributed by atoms with E-state index in [1.54, 1.807) is 0 Å². The standard InChI is InChI=1S/C12H11N3O7/c1-13-12(20)22-14(2)8(16)4-3-5-11(19)21-15-9(17)6-7-10(15)18/h6-7H,3-5H2,2H3. The number of hydrogen-bond acceptors (Lipinski definition) is 7. The summed E-state index contributed by atoms with van der Waals surface area (Å²) < 4.78 is 0. The molecule has 10 nitrogen and oxygen atoms in total. The highest BCUT2D eigenvalue weighted by atomic mass is 16.7. The first-order valence-corrected chi connectivity index (χ1v) is 5.98. The number of amides is 4. The van der Waals surface area contributed by atoms with Gasteiger partial charge in [-0.05, 0) is 6.42 Å². The van der Waals surface area contributed by atoms with Crippen LogP contribution in [0.25, 0.3) is 4.85 Å². The molecule has 4 amide bonds. The second-order valence-electron chi connectivity index (χ2n) is 3.98. The molecule has 0 aliphatic carbocycles. The van der Waals surface area contributed by atoms with Crippen LogP contribution in [0.15, 0.2) is 12.2 Å². The first-order valence-electron chi connectivity index (χ1n) is 5.98. The molecular weight excluding hydrogens is 298 g/mol. The molecule has 0 unspecified atom stereocenters. The Kier molecular flexibility index (Phi) is 5.76. The number of hydrogen-bond donors (Lipinski definition) is 0. The third-order valence-electron chi connectivity index (χ3n) is 2.39. The van der Waals surface area contributed by atoms with E-state index in [9.17, 15) is 24.0 Å². The van der Waals surface area contributed by atoms with Crippen LogP contribution in [0, 0.1) is 6.57 Å². The third kappa shape index (κ3) is 4.71. The Hall–Kier alpha value is -3.22. The van der Waals surface area contributed by atoms with Crippen molar-refractivity contribution in [1.82, 2.24) is 10.1 Å². The molecule has 0 spiro atoms. The molecule has 0 bridgehead atoms. The topological polar surface area (TPSA) is 115 Å². The lowest BCUT2D eigenvalue weighted by molar-refractivity contribution is -0.196. The van der Waals surface area contributed by atoms with Crippen LogP contribution in [-0.4, -0.2) is 47.0 Å². The molecule has 0 aromatic heterocycles. The summed E-state index contributed by atoms with van der Waals surface area (Å²) in [4.78, 5) is 67.1. The minimum Gasteiger partial charge on any atom is -0.358 e. The molecule has 1 aliphatic heterocycles. The van der Waals surface area contributed by atoms with E-state index in [0.717, 1.165) is 19.2 Å². The Morgan fingerprint density at radius 1 is 1.23 bits per heavy atom. The van der Waals surface area contributed by atoms with Crippen molar-refractivity contribution in [1.29, 1.82) is 0 Å². The molecule has 0 saturated heterocycles. The lowest BCUT2D eigenvalue weighted by Gasteiger charge is -2.15. The number of carbonyl (C=O) groups is 5. The van der Waals surface area contributed by atoms with Gasteiger partial charge in [-0.3, -0.25) is 19.2 Å². The maximum absolute atomic E-state index is 11.5. The lowest BCUT2D eigenvalue weighted by Crippen LogP contribution is -2.33. The molecule has 0 aromatic carbocycles. The van der Waals surface area contributed by atoms with Crippen LogP contribution in [-0.2, 0) is 28.9 Å². The van der Waals surface area contributed by atoms with Gasteiger partial charge in [0.1, 0.15) is 6.57 Å². The molecule has 1 rings (SSSR count). The third-order valence-corrected chi connectivity index (χ3v) is 2.39. The molecule has 0 aromatic rings. The zero-order valence-corrected chi connectivity index (χ0v) is 11.5. The van der Waals surface area contributed by atoms with Crippen molar-refractivity contribution in [3.8, 4) is 0 Å². The van der Waals surface area contributed by atoms with Gasteiger partial charge in [-0.25, -0.2) is 4.79 Å². The summed E-state index contributed by atoms with van der Waals surface area (Å²) in [6, 6.07) is 0. The van der Waals surface area contributed by atoms with E-state index < -0.39 is 29.8 Å². The second kappa shape index (κ2) is 7.53. The van der Waals surface area contributed by atoms with E-state index in [0.29, 0.717) is 10.1 Å². The smallest absolute Gasteiger partial charge is 0.358 e. The van der Waals surface area contributed by atoms with Crippen LogP contribution in [0.3, 0.4) is 0 Å². The van der Waals surface area contributed by atoms with Crippen LogP contribution in [0.4, 0.5) is 4.79 Å². The number of hydroxylamine groups is 4. The zero-order chi connectivity index (χ0) is 16.7. The van der Waals surface area contributed by atoms with Gasteiger partial charge in [0.05, 0.1) is 0 Å². The molecule has 116 valence electrons. The van der Waals surface area contributed by atoms with Crippen LogP contribution in [0.1, 0.15) is 19.3 Å². The predicted molar refractivity (Wildman–Crippen MR) is 66.8 cm³/mol. The number of rotatable bonds is 5. The zero-order valence-electron chi connectivity index (χ0n) is 11.5. The maximum Gasteiger partial charge on any atom is 0.586 e. The number of carbonyl (C=O) groups excluding carboxylic acids is 5. The molecular formula is C12H11N3O7. The van der Waals surface area contributed by atoms with Crippen LogP contribution in [0.5, 0.6) is 0 Å². The van der Waals surface area contributed by atoms with Gasteiger partial charge < -0.3 is 9.68 Å². The fraction of sp³-hybridized carbons (Fsp3) is 0.333. The van der Waals surface area contributed by atoms with Crippen LogP contribution in [0.2, 0.25) is 0 Å². The molecule has 0 saturated carbocycles. The van der Waals surface area contributed by atoms with E-state index >= 15 is 0 Å². The fourth-order valence-electron chi connectivity index (χ4n) is 1.35. The minimum absolute atomic E-state index is 0.0429. The summed E-state index contributed by atoms with van der Waals surface area (Å²) >= 11 is 0. The van der Waals surface area contributed by atoms with Gasteiger partial charge in [0, 0.05) is 32.0 Å². The summed E-state index contributed by atoms with van der Waals surface area (Å²) in [5.74, 6) is -3.01. The molecule has 0 fully saturated rings. The van der Waals surface area contributed by atoms with Gasteiger partial charge in [0.2, 0.25) is 0 Å². The Morgan fingerprint density at radius 3 is 2.36 bits per heavy atom. The van der Waals surface area contributed by atoms with E-state index in [4.69, 9.17) is 6.57 Å². The summed E-state index contributed by atoms with van der Waals surface area (Å²) in [7, 11) is 1.15. The van der Waals surface area contributed by atoms with Crippen molar-refractivity contribution in [3.63, 3.8) is 0 Å². The van der Waals surface area contributed by atoms with Gasteiger partial charge in [-0.15, -0.1) is 0 Å². The average molecular weight is 309 g/mol. The first-order chi connectivity index (χ1) is 10.3. The Labute approximate surface area is 124 Å². The minimum atomic E-state index is -1.26. The molecule has 0 N–H and O–H groups in total. The van der Waals surface area contributed by atoms with E-state index in [-0.39, 0.29) is 19.3 Å². The highest BCUT2D eigenvalue weighted by molar-refractivity contribution is 6.12. The van der Waals surface area contributed by atoms with Gasteiger partial charge >= 0.3 is 12.1 Å². The second-order valence-corrected chi connectivity index (χ2v) is 3.98. The molecule has 10 heteroatoms. The van der Waals surface area contributed by atoms with Crippen LogP contribution >= 0.6 is 0 Å². The van der Waals surface area contributed by atoms with Crippen molar-refractivity contribution < 1.29 is 33.6 Å². The Morgan fingerprint density at radius 2 is 1.82 bits per heavy atom. The van der Waals surface area contributed by atoms with Crippen molar-refractivity contribution in [2.45, 2.75) is 19.3 Å². The normalized spacial score (nSPS) is 12.8. The highest BCUT2D eigenvalue weighted by Crippen LogP contribution is 2.08. The monoisotopic (exact) mass is 309 g/mol. The van der Waals surface area contributed by atoms with E-state index in [2.05, 4.69) is 14.5 Å². The molecule has 1 heterocycles. The van der Waals surface area contributed by atoms with Gasteiger partial charge in [0.15, 0.2) is 0 Å². The molecule has 0 atom stereocenters. The van der Waals surface area contributed by atoms with E-state index in [1.807, 2.05) is 0 Å². The quantitative estimate of drug-likeness (QED) is 0.398. The summed E-state index contributed by atoms with van der Waals surface area (Å²) in [5.41, 5.74) is 0. The molecule has 1 aliphatic rings. The Balaban J connectivity index is 2.29. The van der Waals surface area contributed by atoms with Gasteiger partial charge in [-0.2, -0.15) is 9.91 Å². The highest BCUT2D eigenvalue weighted by Gasteiger charge is 2.27. The average Bonchev–Trinajstić information content (AvgIpc) is 2.78. The summed E-state index contributed by atoms with van der Waals surface area (Å²) in [5, 5.41) is 0.900. The van der Waals surface area contributed by atoms with E-state index in [1.165, 1.54) is 0 Å². The summed E-state index contributed by atoms with van der Waals surface area (Å²) in [6.45, 7) is 6.36. The number of imide groups is 1. The number of nitrogens with zero attached hydrogens (tertiary/aromatic N) is 3. The van der Waals surface area contributed by atoms with Crippen molar-refractivity contribution >= 4 is 29.8 Å². The fourth-order valence-corrected chi connectivity index (χ4v) is 1.35. The first kappa shape index (κ1) is 16.8. The van der Waals surface area contributed by atoms with Crippen LogP contribution < -0.4 is 0 Å². The lowest BCUT2D eigenvalue weighted by atomic mass is 10.2. The van der Waals surface area contributed by atoms with Crippen molar-refractivity contribution in [2.75, 3.05) is 7.05 Å². The summed E-state index contributed by atoms with van der Waals surface area (Å²) in [6.07, 6.45) is 0.319. The van der Waals surface area contributed by atoms with Gasteiger partial charge in [0.25, 0.3) is 17.7 Å².